The van der Waals surface area contributed by atoms with Crippen LogP contribution >= 0.6 is 0 Å². The first-order chi connectivity index (χ1) is 7.68. The summed E-state index contributed by atoms with van der Waals surface area (Å²) in [6, 6.07) is 9.18. The number of ether oxygens (including phenoxy) is 1. The Kier molecular flexibility index (Phi) is 6.12. The van der Waals surface area contributed by atoms with Gasteiger partial charge in [-0.3, -0.25) is 0 Å². The van der Waals surface area contributed by atoms with E-state index >= 15 is 0 Å². The highest BCUT2D eigenvalue weighted by atomic mass is 16.5. The van der Waals surface area contributed by atoms with Gasteiger partial charge in [0.1, 0.15) is 0 Å². The van der Waals surface area contributed by atoms with Crippen LogP contribution in [-0.4, -0.2) is 25.8 Å². The second-order valence-corrected chi connectivity index (χ2v) is 4.46. The Morgan fingerprint density at radius 3 is 2.44 bits per heavy atom. The molecular formula is C14H23NO. The van der Waals surface area contributed by atoms with E-state index in [0.29, 0.717) is 6.04 Å². The average molecular weight is 221 g/mol. The fourth-order valence-electron chi connectivity index (χ4n) is 1.47. The summed E-state index contributed by atoms with van der Waals surface area (Å²) in [6.07, 6.45) is 1.00. The normalized spacial score (nSPS) is 11.0. The molecule has 1 aromatic rings. The molecule has 0 aliphatic rings. The molecule has 2 heteroatoms. The van der Waals surface area contributed by atoms with Gasteiger partial charge < -0.3 is 10.1 Å². The van der Waals surface area contributed by atoms with E-state index in [1.54, 1.807) is 0 Å². The summed E-state index contributed by atoms with van der Waals surface area (Å²) >= 11 is 0. The predicted molar refractivity (Wildman–Crippen MR) is 68.8 cm³/mol. The van der Waals surface area contributed by atoms with Crippen molar-refractivity contribution in [2.24, 2.45) is 0 Å². The summed E-state index contributed by atoms with van der Waals surface area (Å²) in [5, 5.41) is 3.33. The minimum Gasteiger partial charge on any atom is -0.380 e. The van der Waals surface area contributed by atoms with Gasteiger partial charge in [-0.05, 0) is 18.9 Å². The minimum absolute atomic E-state index is 0.542. The highest BCUT2D eigenvalue weighted by molar-refractivity contribution is 5.21. The van der Waals surface area contributed by atoms with E-state index in [1.165, 1.54) is 11.1 Å². The lowest BCUT2D eigenvalue weighted by Crippen LogP contribution is -2.26. The maximum atomic E-state index is 5.56. The van der Waals surface area contributed by atoms with Gasteiger partial charge >= 0.3 is 0 Å². The molecule has 0 aliphatic carbocycles. The zero-order chi connectivity index (χ0) is 11.8. The van der Waals surface area contributed by atoms with Gasteiger partial charge in [-0.1, -0.05) is 43.7 Å². The molecule has 2 nitrogen and oxygen atoms in total. The van der Waals surface area contributed by atoms with Crippen LogP contribution in [-0.2, 0) is 11.2 Å². The first-order valence-corrected chi connectivity index (χ1v) is 6.05. The van der Waals surface area contributed by atoms with Gasteiger partial charge in [0.2, 0.25) is 0 Å². The molecule has 0 radical (unpaired) electrons. The molecule has 0 spiro atoms. The summed E-state index contributed by atoms with van der Waals surface area (Å²) in [6.45, 7) is 8.94. The lowest BCUT2D eigenvalue weighted by Gasteiger charge is -2.08. The molecule has 1 rings (SSSR count). The Balaban J connectivity index is 2.05. The third-order valence-electron chi connectivity index (χ3n) is 2.45. The molecule has 0 heterocycles. The van der Waals surface area contributed by atoms with Crippen molar-refractivity contribution in [2.45, 2.75) is 33.2 Å². The van der Waals surface area contributed by atoms with E-state index < -0.39 is 0 Å². The van der Waals surface area contributed by atoms with Crippen molar-refractivity contribution in [1.29, 1.82) is 0 Å². The topological polar surface area (TPSA) is 21.3 Å². The highest BCUT2D eigenvalue weighted by Crippen LogP contribution is 2.03. The lowest BCUT2D eigenvalue weighted by molar-refractivity contribution is 0.137. The molecule has 1 aromatic carbocycles. The van der Waals surface area contributed by atoms with Crippen LogP contribution in [0.5, 0.6) is 0 Å². The number of hydrogen-bond donors (Lipinski definition) is 1. The van der Waals surface area contributed by atoms with Crippen molar-refractivity contribution < 1.29 is 4.74 Å². The fourth-order valence-corrected chi connectivity index (χ4v) is 1.47. The van der Waals surface area contributed by atoms with Crippen molar-refractivity contribution in [3.05, 3.63) is 35.4 Å². The summed E-state index contributed by atoms with van der Waals surface area (Å²) in [5.74, 6) is 0. The second-order valence-electron chi connectivity index (χ2n) is 4.46. The summed E-state index contributed by atoms with van der Waals surface area (Å²) in [4.78, 5) is 0. The van der Waals surface area contributed by atoms with Crippen molar-refractivity contribution in [3.8, 4) is 0 Å². The SMILES string of the molecule is Cc1ccc(CCOCCNC(C)C)cc1. The molecule has 0 aromatic heterocycles. The number of benzene rings is 1. The standard InChI is InChI=1S/C14H23NO/c1-12(2)15-9-11-16-10-8-14-6-4-13(3)5-7-14/h4-7,12,15H,8-11H2,1-3H3. The third kappa shape index (κ3) is 5.89. The smallest absolute Gasteiger partial charge is 0.0591 e. The van der Waals surface area contributed by atoms with E-state index in [4.69, 9.17) is 4.74 Å². The Bertz CT molecular complexity index is 279. The monoisotopic (exact) mass is 221 g/mol. The van der Waals surface area contributed by atoms with Gasteiger partial charge in [0.05, 0.1) is 13.2 Å². The van der Waals surface area contributed by atoms with Gasteiger partial charge in [-0.2, -0.15) is 0 Å². The number of rotatable bonds is 7. The van der Waals surface area contributed by atoms with Crippen LogP contribution in [0.1, 0.15) is 25.0 Å². The van der Waals surface area contributed by atoms with E-state index in [0.717, 1.165) is 26.2 Å². The number of aryl methyl sites for hydroxylation is 1. The van der Waals surface area contributed by atoms with Crippen LogP contribution in [0.15, 0.2) is 24.3 Å². The lowest BCUT2D eigenvalue weighted by atomic mass is 10.1. The van der Waals surface area contributed by atoms with Crippen molar-refractivity contribution in [2.75, 3.05) is 19.8 Å². The number of hydrogen-bond acceptors (Lipinski definition) is 2. The molecule has 0 aliphatic heterocycles. The van der Waals surface area contributed by atoms with E-state index in [1.807, 2.05) is 0 Å². The molecular weight excluding hydrogens is 198 g/mol. The van der Waals surface area contributed by atoms with Crippen molar-refractivity contribution in [3.63, 3.8) is 0 Å². The highest BCUT2D eigenvalue weighted by Gasteiger charge is 1.94. The summed E-state index contributed by atoms with van der Waals surface area (Å²) < 4.78 is 5.56. The first kappa shape index (κ1) is 13.2. The van der Waals surface area contributed by atoms with Gasteiger partial charge in [-0.25, -0.2) is 0 Å². The van der Waals surface area contributed by atoms with Gasteiger partial charge in [0.25, 0.3) is 0 Å². The van der Waals surface area contributed by atoms with Crippen molar-refractivity contribution >= 4 is 0 Å². The quantitative estimate of drug-likeness (QED) is 0.714. The minimum atomic E-state index is 0.542. The van der Waals surface area contributed by atoms with Gasteiger partial charge in [0, 0.05) is 12.6 Å². The molecule has 0 saturated heterocycles. The largest absolute Gasteiger partial charge is 0.380 e. The molecule has 0 atom stereocenters. The molecule has 0 saturated carbocycles. The zero-order valence-corrected chi connectivity index (χ0v) is 10.6. The summed E-state index contributed by atoms with van der Waals surface area (Å²) in [5.41, 5.74) is 2.66. The van der Waals surface area contributed by atoms with Crippen LogP contribution in [0.3, 0.4) is 0 Å². The Hall–Kier alpha value is -0.860. The van der Waals surface area contributed by atoms with Gasteiger partial charge in [-0.15, -0.1) is 0 Å². The van der Waals surface area contributed by atoms with Crippen LogP contribution in [0, 0.1) is 6.92 Å². The third-order valence-corrected chi connectivity index (χ3v) is 2.45. The number of nitrogens with one attached hydrogen (secondary N) is 1. The van der Waals surface area contributed by atoms with E-state index in [9.17, 15) is 0 Å². The maximum Gasteiger partial charge on any atom is 0.0591 e. The Labute approximate surface area is 99.0 Å². The van der Waals surface area contributed by atoms with Gasteiger partial charge in [0.15, 0.2) is 0 Å². The predicted octanol–water partition coefficient (Wildman–Crippen LogP) is 2.55. The molecule has 16 heavy (non-hydrogen) atoms. The first-order valence-electron chi connectivity index (χ1n) is 6.05. The maximum absolute atomic E-state index is 5.56. The second kappa shape index (κ2) is 7.42. The molecule has 0 unspecified atom stereocenters. The van der Waals surface area contributed by atoms with Crippen LogP contribution in [0.4, 0.5) is 0 Å². The Morgan fingerprint density at radius 2 is 1.81 bits per heavy atom. The molecule has 0 amide bonds. The molecule has 1 N–H and O–H groups in total. The molecule has 0 fully saturated rings. The summed E-state index contributed by atoms with van der Waals surface area (Å²) in [7, 11) is 0. The average Bonchev–Trinajstić information content (AvgIpc) is 2.25. The van der Waals surface area contributed by atoms with Crippen LogP contribution in [0.25, 0.3) is 0 Å². The van der Waals surface area contributed by atoms with E-state index in [2.05, 4.69) is 50.4 Å². The fraction of sp³-hybridized carbons (Fsp3) is 0.571. The van der Waals surface area contributed by atoms with Crippen molar-refractivity contribution in [1.82, 2.24) is 5.32 Å². The molecule has 90 valence electrons. The van der Waals surface area contributed by atoms with Crippen LogP contribution in [0.2, 0.25) is 0 Å². The molecule has 0 bridgehead atoms. The zero-order valence-electron chi connectivity index (χ0n) is 10.6. The Morgan fingerprint density at radius 1 is 1.12 bits per heavy atom. The van der Waals surface area contributed by atoms with Crippen LogP contribution < -0.4 is 5.32 Å². The van der Waals surface area contributed by atoms with E-state index in [-0.39, 0.29) is 0 Å².